The van der Waals surface area contributed by atoms with E-state index in [1.165, 1.54) is 0 Å². The largest absolute Gasteiger partial charge is 0.463 e. The van der Waals surface area contributed by atoms with E-state index in [9.17, 15) is 0 Å². The molecule has 0 saturated carbocycles. The normalized spacial score (nSPS) is 13.1. The van der Waals surface area contributed by atoms with Gasteiger partial charge in [0, 0.05) is 24.2 Å². The van der Waals surface area contributed by atoms with Crippen LogP contribution in [0.1, 0.15) is 11.1 Å². The third-order valence-electron chi connectivity index (χ3n) is 2.98. The second-order valence-electron chi connectivity index (χ2n) is 4.14. The standard InChI is InChI=1S/C15H11N3O/c16-9-13-10-17-6-5-14(13)18-7-8-19-15-4-2-1-3-12(15)11-18/h1-8,10H,11H2. The highest BCUT2D eigenvalue weighted by Gasteiger charge is 2.14. The zero-order chi connectivity index (χ0) is 13.1. The fourth-order valence-corrected chi connectivity index (χ4v) is 2.05. The summed E-state index contributed by atoms with van der Waals surface area (Å²) in [7, 11) is 0. The third kappa shape index (κ3) is 2.14. The smallest absolute Gasteiger partial charge is 0.131 e. The summed E-state index contributed by atoms with van der Waals surface area (Å²) in [5.41, 5.74) is 2.45. The van der Waals surface area contributed by atoms with Gasteiger partial charge < -0.3 is 9.64 Å². The number of ether oxygens (including phenoxy) is 1. The first kappa shape index (κ1) is 11.3. The molecule has 0 unspecified atom stereocenters. The molecule has 0 saturated heterocycles. The van der Waals surface area contributed by atoms with E-state index in [0.717, 1.165) is 17.0 Å². The van der Waals surface area contributed by atoms with E-state index in [1.807, 2.05) is 41.4 Å². The maximum absolute atomic E-state index is 9.14. The van der Waals surface area contributed by atoms with Crippen LogP contribution in [0.4, 0.5) is 5.69 Å². The second kappa shape index (κ2) is 4.83. The molecule has 19 heavy (non-hydrogen) atoms. The Balaban J connectivity index is 2.01. The first-order valence-electron chi connectivity index (χ1n) is 5.90. The van der Waals surface area contributed by atoms with Crippen LogP contribution in [-0.2, 0) is 6.54 Å². The highest BCUT2D eigenvalue weighted by molar-refractivity contribution is 5.60. The van der Waals surface area contributed by atoms with Crippen molar-refractivity contribution in [3.05, 3.63) is 66.3 Å². The van der Waals surface area contributed by atoms with E-state index < -0.39 is 0 Å². The van der Waals surface area contributed by atoms with Crippen LogP contribution in [0, 0.1) is 11.3 Å². The molecule has 0 bridgehead atoms. The van der Waals surface area contributed by atoms with Gasteiger partial charge in [0.05, 0.1) is 17.8 Å². The van der Waals surface area contributed by atoms with Crippen LogP contribution in [0.2, 0.25) is 0 Å². The number of pyridine rings is 1. The molecule has 2 heterocycles. The number of nitrogens with zero attached hydrogens (tertiary/aromatic N) is 3. The molecule has 1 aliphatic heterocycles. The first-order valence-corrected chi connectivity index (χ1v) is 5.90. The highest BCUT2D eigenvalue weighted by atomic mass is 16.5. The number of anilines is 1. The van der Waals surface area contributed by atoms with E-state index in [1.54, 1.807) is 18.7 Å². The highest BCUT2D eigenvalue weighted by Crippen LogP contribution is 2.27. The van der Waals surface area contributed by atoms with Gasteiger partial charge in [-0.25, -0.2) is 0 Å². The van der Waals surface area contributed by atoms with Crippen molar-refractivity contribution < 1.29 is 4.74 Å². The molecule has 1 aromatic carbocycles. The van der Waals surface area contributed by atoms with Crippen molar-refractivity contribution in [2.24, 2.45) is 0 Å². The monoisotopic (exact) mass is 249 g/mol. The lowest BCUT2D eigenvalue weighted by atomic mass is 10.1. The van der Waals surface area contributed by atoms with Crippen molar-refractivity contribution in [2.75, 3.05) is 4.90 Å². The van der Waals surface area contributed by atoms with Crippen LogP contribution < -0.4 is 9.64 Å². The summed E-state index contributed by atoms with van der Waals surface area (Å²) in [6.07, 6.45) is 6.71. The lowest BCUT2D eigenvalue weighted by molar-refractivity contribution is 0.479. The van der Waals surface area contributed by atoms with Gasteiger partial charge in [-0.05, 0) is 12.1 Å². The summed E-state index contributed by atoms with van der Waals surface area (Å²) in [6.45, 7) is 0.658. The number of nitriles is 1. The zero-order valence-corrected chi connectivity index (χ0v) is 10.2. The molecule has 92 valence electrons. The molecule has 0 N–H and O–H groups in total. The van der Waals surface area contributed by atoms with E-state index in [-0.39, 0.29) is 0 Å². The summed E-state index contributed by atoms with van der Waals surface area (Å²) < 4.78 is 5.55. The lowest BCUT2D eigenvalue weighted by Crippen LogP contribution is -2.15. The van der Waals surface area contributed by atoms with Gasteiger partial charge in [0.25, 0.3) is 0 Å². The van der Waals surface area contributed by atoms with Gasteiger partial charge >= 0.3 is 0 Å². The predicted molar refractivity (Wildman–Crippen MR) is 71.3 cm³/mol. The van der Waals surface area contributed by atoms with Gasteiger partial charge in [-0.15, -0.1) is 0 Å². The number of rotatable bonds is 1. The van der Waals surface area contributed by atoms with Crippen molar-refractivity contribution in [3.63, 3.8) is 0 Å². The minimum Gasteiger partial charge on any atom is -0.463 e. The van der Waals surface area contributed by atoms with Gasteiger partial charge in [0.15, 0.2) is 0 Å². The fraction of sp³-hybridized carbons (Fsp3) is 0.0667. The van der Waals surface area contributed by atoms with E-state index in [4.69, 9.17) is 10.00 Å². The van der Waals surface area contributed by atoms with Gasteiger partial charge in [-0.2, -0.15) is 5.26 Å². The molecule has 4 nitrogen and oxygen atoms in total. The minimum absolute atomic E-state index is 0.548. The summed E-state index contributed by atoms with van der Waals surface area (Å²) in [6, 6.07) is 11.9. The van der Waals surface area contributed by atoms with Crippen molar-refractivity contribution >= 4 is 5.69 Å². The summed E-state index contributed by atoms with van der Waals surface area (Å²) >= 11 is 0. The predicted octanol–water partition coefficient (Wildman–Crippen LogP) is 2.82. The third-order valence-corrected chi connectivity index (χ3v) is 2.98. The van der Waals surface area contributed by atoms with Gasteiger partial charge in [-0.1, -0.05) is 18.2 Å². The molecule has 0 fully saturated rings. The molecule has 4 heteroatoms. The molecule has 0 atom stereocenters. The Bertz CT molecular complexity index is 673. The Morgan fingerprint density at radius 1 is 1.26 bits per heavy atom. The van der Waals surface area contributed by atoms with E-state index >= 15 is 0 Å². The number of aromatic nitrogens is 1. The fourth-order valence-electron chi connectivity index (χ4n) is 2.05. The molecule has 0 radical (unpaired) electrons. The molecule has 0 aliphatic carbocycles. The molecule has 0 amide bonds. The van der Waals surface area contributed by atoms with Crippen molar-refractivity contribution in [3.8, 4) is 11.8 Å². The van der Waals surface area contributed by atoms with Crippen molar-refractivity contribution in [2.45, 2.75) is 6.54 Å². The summed E-state index contributed by atoms with van der Waals surface area (Å²) in [4.78, 5) is 5.95. The van der Waals surface area contributed by atoms with Crippen LogP contribution in [0.3, 0.4) is 0 Å². The quantitative estimate of drug-likeness (QED) is 0.779. The average molecular weight is 249 g/mol. The van der Waals surface area contributed by atoms with E-state index in [2.05, 4.69) is 11.1 Å². The van der Waals surface area contributed by atoms with Gasteiger partial charge in [-0.3, -0.25) is 4.98 Å². The Labute approximate surface area is 111 Å². The van der Waals surface area contributed by atoms with Crippen LogP contribution in [0.25, 0.3) is 0 Å². The van der Waals surface area contributed by atoms with Crippen LogP contribution >= 0.6 is 0 Å². The number of para-hydroxylation sites is 1. The Morgan fingerprint density at radius 2 is 2.16 bits per heavy atom. The SMILES string of the molecule is N#Cc1cnccc1N1C=COc2ccccc2C1. The molecule has 1 aliphatic rings. The second-order valence-corrected chi connectivity index (χ2v) is 4.14. The van der Waals surface area contributed by atoms with Crippen molar-refractivity contribution in [1.82, 2.24) is 4.98 Å². The maximum Gasteiger partial charge on any atom is 0.131 e. The Hall–Kier alpha value is -2.80. The summed E-state index contributed by atoms with van der Waals surface area (Å²) in [5, 5.41) is 9.14. The zero-order valence-electron chi connectivity index (χ0n) is 10.2. The minimum atomic E-state index is 0.548. The first-order chi connectivity index (χ1) is 9.38. The number of hydrogen-bond acceptors (Lipinski definition) is 4. The Kier molecular flexibility index (Phi) is 2.87. The summed E-state index contributed by atoms with van der Waals surface area (Å²) in [5.74, 6) is 0.841. The van der Waals surface area contributed by atoms with Crippen LogP contribution in [0.15, 0.2) is 55.2 Å². The average Bonchev–Trinajstić information content (AvgIpc) is 2.69. The van der Waals surface area contributed by atoms with Gasteiger partial charge in [0.2, 0.25) is 0 Å². The number of benzene rings is 1. The number of fused-ring (bicyclic) bond motifs is 1. The lowest BCUT2D eigenvalue weighted by Gasteiger charge is -2.19. The Morgan fingerprint density at radius 3 is 3.05 bits per heavy atom. The van der Waals surface area contributed by atoms with Gasteiger partial charge in [0.1, 0.15) is 18.1 Å². The molecular formula is C15H11N3O. The number of hydrogen-bond donors (Lipinski definition) is 0. The molecular weight excluding hydrogens is 238 g/mol. The van der Waals surface area contributed by atoms with Crippen molar-refractivity contribution in [1.29, 1.82) is 5.26 Å². The molecule has 1 aromatic heterocycles. The topological polar surface area (TPSA) is 49.2 Å². The molecule has 2 aromatic rings. The molecule has 0 spiro atoms. The van der Waals surface area contributed by atoms with Crippen LogP contribution in [0.5, 0.6) is 5.75 Å². The molecule has 3 rings (SSSR count). The van der Waals surface area contributed by atoms with Crippen LogP contribution in [-0.4, -0.2) is 4.98 Å². The van der Waals surface area contributed by atoms with E-state index in [0.29, 0.717) is 12.1 Å². The maximum atomic E-state index is 9.14.